The third-order valence-corrected chi connectivity index (χ3v) is 9.79. The summed E-state index contributed by atoms with van der Waals surface area (Å²) < 4.78 is 5.27. The zero-order valence-electron chi connectivity index (χ0n) is 28.6. The highest BCUT2D eigenvalue weighted by Crippen LogP contribution is 2.42. The summed E-state index contributed by atoms with van der Waals surface area (Å²) in [5, 5.41) is 0. The predicted octanol–water partition coefficient (Wildman–Crippen LogP) is 9.88. The molecule has 0 saturated heterocycles. The molecule has 1 heterocycles. The molecule has 4 nitrogen and oxygen atoms in total. The number of ether oxygens (including phenoxy) is 1. The van der Waals surface area contributed by atoms with Gasteiger partial charge in [-0.3, -0.25) is 4.99 Å². The number of rotatable bonds is 8. The molecular weight excluding hydrogens is 552 g/mol. The number of carbonyl (C=O) groups is 1. The van der Waals surface area contributed by atoms with Crippen LogP contribution in [0.15, 0.2) is 106 Å². The molecule has 3 aliphatic rings. The van der Waals surface area contributed by atoms with E-state index in [9.17, 15) is 4.79 Å². The van der Waals surface area contributed by atoms with Crippen molar-refractivity contribution in [1.29, 1.82) is 0 Å². The maximum atomic E-state index is 12.3. The van der Waals surface area contributed by atoms with Gasteiger partial charge in [0.15, 0.2) is 0 Å². The SMILES string of the molecule is C=C1CC=C(c2ccc([C@@]3(C)C/C=C(\C(C)C)CCC/C3=C/C)cc2)C=C1/C(=C\C=N/C)N1CC/C=C(\C(=O)OCC)CCC1. The smallest absolute Gasteiger partial charge is 0.333 e. The van der Waals surface area contributed by atoms with Crippen molar-refractivity contribution in [1.82, 2.24) is 4.90 Å². The third-order valence-electron chi connectivity index (χ3n) is 9.79. The molecule has 0 unspecified atom stereocenters. The summed E-state index contributed by atoms with van der Waals surface area (Å²) in [6.07, 6.45) is 23.4. The van der Waals surface area contributed by atoms with Crippen molar-refractivity contribution in [3.63, 3.8) is 0 Å². The van der Waals surface area contributed by atoms with E-state index in [0.29, 0.717) is 12.5 Å². The van der Waals surface area contributed by atoms with Gasteiger partial charge in [-0.1, -0.05) is 87.1 Å². The molecule has 0 spiro atoms. The zero-order valence-corrected chi connectivity index (χ0v) is 28.6. The lowest BCUT2D eigenvalue weighted by atomic mass is 9.69. The molecule has 1 atom stereocenters. The van der Waals surface area contributed by atoms with Gasteiger partial charge in [0, 0.05) is 48.6 Å². The van der Waals surface area contributed by atoms with Gasteiger partial charge in [-0.25, -0.2) is 4.79 Å². The highest BCUT2D eigenvalue weighted by atomic mass is 16.5. The van der Waals surface area contributed by atoms with Crippen LogP contribution in [0.1, 0.15) is 97.1 Å². The van der Waals surface area contributed by atoms with Crippen LogP contribution in [0.25, 0.3) is 5.57 Å². The monoisotopic (exact) mass is 606 g/mol. The highest BCUT2D eigenvalue weighted by Gasteiger charge is 2.31. The van der Waals surface area contributed by atoms with E-state index in [1.54, 1.807) is 11.1 Å². The molecular formula is C41H54N2O2. The average molecular weight is 607 g/mol. The second-order valence-corrected chi connectivity index (χ2v) is 13.0. The maximum Gasteiger partial charge on any atom is 0.333 e. The van der Waals surface area contributed by atoms with Crippen LogP contribution >= 0.6 is 0 Å². The molecule has 0 aromatic heterocycles. The Hall–Kier alpha value is -3.66. The predicted molar refractivity (Wildman–Crippen MR) is 191 cm³/mol. The first-order chi connectivity index (χ1) is 21.7. The summed E-state index contributed by atoms with van der Waals surface area (Å²) in [6, 6.07) is 9.32. The van der Waals surface area contributed by atoms with E-state index < -0.39 is 0 Å². The standard InChI is InChI=1S/C41H54N2O2/c1-8-36-16-10-13-32(30(3)4)23-25-41(36,6)37-21-19-33(20-22-37)35-18-17-31(5)38(29-35)39(24-26-42-7)43-27-11-14-34(15-12-28-43)40(44)45-9-2/h8,14,18-24,26,29-30H,5,9-13,15-17,25,27-28H2,1-4,6-7H3/b32-23-,34-14-,36-8-,39-24+,42-26-/t41-/m0/s1. The van der Waals surface area contributed by atoms with Crippen LogP contribution in [-0.4, -0.2) is 43.8 Å². The van der Waals surface area contributed by atoms with E-state index in [2.05, 4.69) is 105 Å². The first-order valence-electron chi connectivity index (χ1n) is 17.0. The van der Waals surface area contributed by atoms with Crippen molar-refractivity contribution in [2.45, 2.75) is 91.4 Å². The summed E-state index contributed by atoms with van der Waals surface area (Å²) >= 11 is 0. The van der Waals surface area contributed by atoms with Crippen molar-refractivity contribution >= 4 is 17.8 Å². The number of esters is 1. The summed E-state index contributed by atoms with van der Waals surface area (Å²) in [7, 11) is 1.81. The molecule has 240 valence electrons. The molecule has 0 radical (unpaired) electrons. The molecule has 4 rings (SSSR count). The fraction of sp³-hybridized carbons (Fsp3) is 0.463. The first-order valence-corrected chi connectivity index (χ1v) is 17.0. The number of benzene rings is 1. The molecule has 0 amide bonds. The van der Waals surface area contributed by atoms with Crippen LogP contribution in [0.4, 0.5) is 0 Å². The minimum Gasteiger partial charge on any atom is -0.463 e. The van der Waals surface area contributed by atoms with E-state index in [1.165, 1.54) is 35.1 Å². The largest absolute Gasteiger partial charge is 0.463 e. The number of allylic oxidation sites excluding steroid dienone is 9. The Morgan fingerprint density at radius 2 is 1.87 bits per heavy atom. The Balaban J connectivity index is 1.61. The number of nitrogens with zero attached hydrogens (tertiary/aromatic N) is 2. The Morgan fingerprint density at radius 3 is 2.56 bits per heavy atom. The fourth-order valence-corrected chi connectivity index (χ4v) is 6.99. The summed E-state index contributed by atoms with van der Waals surface area (Å²) in [5.74, 6) is 0.434. The topological polar surface area (TPSA) is 41.9 Å². The van der Waals surface area contributed by atoms with Crippen molar-refractivity contribution < 1.29 is 9.53 Å². The number of hydrogen-bond acceptors (Lipinski definition) is 4. The summed E-state index contributed by atoms with van der Waals surface area (Å²) in [4.78, 5) is 19.1. The Labute approximate surface area is 272 Å². The lowest BCUT2D eigenvalue weighted by Crippen LogP contribution is -2.29. The Bertz CT molecular complexity index is 1440. The fourth-order valence-electron chi connectivity index (χ4n) is 6.99. The van der Waals surface area contributed by atoms with Crippen LogP contribution in [-0.2, 0) is 14.9 Å². The summed E-state index contributed by atoms with van der Waals surface area (Å²) in [5.41, 5.74) is 11.2. The highest BCUT2D eigenvalue weighted by molar-refractivity contribution is 5.88. The molecule has 1 aliphatic heterocycles. The molecule has 0 N–H and O–H groups in total. The second-order valence-electron chi connectivity index (χ2n) is 13.0. The van der Waals surface area contributed by atoms with Gasteiger partial charge in [0.25, 0.3) is 0 Å². The van der Waals surface area contributed by atoms with E-state index in [-0.39, 0.29) is 11.4 Å². The van der Waals surface area contributed by atoms with Gasteiger partial charge < -0.3 is 9.64 Å². The first kappa shape index (κ1) is 34.2. The van der Waals surface area contributed by atoms with Gasteiger partial charge in [0.1, 0.15) is 0 Å². The maximum absolute atomic E-state index is 12.3. The van der Waals surface area contributed by atoms with Crippen molar-refractivity contribution in [3.05, 3.63) is 112 Å². The van der Waals surface area contributed by atoms with Gasteiger partial charge in [-0.15, -0.1) is 0 Å². The molecule has 0 bridgehead atoms. The molecule has 0 fully saturated rings. The van der Waals surface area contributed by atoms with E-state index in [1.807, 2.05) is 20.2 Å². The van der Waals surface area contributed by atoms with Crippen molar-refractivity contribution in [2.24, 2.45) is 10.9 Å². The van der Waals surface area contributed by atoms with Crippen LogP contribution in [0, 0.1) is 5.92 Å². The molecule has 2 aliphatic carbocycles. The molecule has 1 aromatic rings. The van der Waals surface area contributed by atoms with Crippen LogP contribution < -0.4 is 0 Å². The van der Waals surface area contributed by atoms with Gasteiger partial charge in [0.2, 0.25) is 0 Å². The average Bonchev–Trinajstić information content (AvgIpc) is 3.01. The van der Waals surface area contributed by atoms with Crippen LogP contribution in [0.2, 0.25) is 0 Å². The minimum absolute atomic E-state index is 0.00649. The minimum atomic E-state index is -0.175. The summed E-state index contributed by atoms with van der Waals surface area (Å²) in [6.45, 7) is 17.7. The lowest BCUT2D eigenvalue weighted by molar-refractivity contribution is -0.138. The molecule has 0 saturated carbocycles. The number of aliphatic imine (C=N–C) groups is 1. The Morgan fingerprint density at radius 1 is 1.09 bits per heavy atom. The third kappa shape index (κ3) is 8.34. The van der Waals surface area contributed by atoms with Gasteiger partial charge in [-0.05, 0) is 106 Å². The van der Waals surface area contributed by atoms with E-state index in [4.69, 9.17) is 4.74 Å². The van der Waals surface area contributed by atoms with E-state index >= 15 is 0 Å². The second kappa shape index (κ2) is 16.1. The molecule has 1 aromatic carbocycles. The van der Waals surface area contributed by atoms with Gasteiger partial charge in [-0.2, -0.15) is 0 Å². The van der Waals surface area contributed by atoms with Crippen molar-refractivity contribution in [3.8, 4) is 0 Å². The molecule has 45 heavy (non-hydrogen) atoms. The quantitative estimate of drug-likeness (QED) is 0.168. The van der Waals surface area contributed by atoms with E-state index in [0.717, 1.165) is 68.5 Å². The van der Waals surface area contributed by atoms with Crippen LogP contribution in [0.5, 0.6) is 0 Å². The Kier molecular flexibility index (Phi) is 12.2. The van der Waals surface area contributed by atoms with Gasteiger partial charge >= 0.3 is 5.97 Å². The number of hydrogen-bond donors (Lipinski definition) is 0. The molecule has 4 heteroatoms. The number of carbonyl (C=O) groups excluding carboxylic acids is 1. The zero-order chi connectivity index (χ0) is 32.4. The lowest BCUT2D eigenvalue weighted by Gasteiger charge is -2.35. The van der Waals surface area contributed by atoms with Gasteiger partial charge in [0.05, 0.1) is 6.61 Å². The van der Waals surface area contributed by atoms with Crippen molar-refractivity contribution in [2.75, 3.05) is 26.7 Å². The normalized spacial score (nSPS) is 25.4. The van der Waals surface area contributed by atoms with Crippen LogP contribution in [0.3, 0.4) is 0 Å².